The summed E-state index contributed by atoms with van der Waals surface area (Å²) in [4.78, 5) is 36.3. The highest BCUT2D eigenvalue weighted by Crippen LogP contribution is 2.34. The van der Waals surface area contributed by atoms with Gasteiger partial charge in [-0.1, -0.05) is 18.7 Å². The fourth-order valence-electron chi connectivity index (χ4n) is 2.54. The van der Waals surface area contributed by atoms with E-state index in [9.17, 15) is 14.4 Å². The number of fused-ring (bicyclic) bond motifs is 1. The van der Waals surface area contributed by atoms with Crippen LogP contribution in [0.5, 0.6) is 0 Å². The number of imide groups is 1. The van der Waals surface area contributed by atoms with Gasteiger partial charge in [-0.2, -0.15) is 0 Å². The molecule has 2 atom stereocenters. The number of hydrogen-bond donors (Lipinski definition) is 0. The molecule has 0 aromatic rings. The van der Waals surface area contributed by atoms with E-state index in [4.69, 9.17) is 4.74 Å². The van der Waals surface area contributed by atoms with Crippen LogP contribution in [0.25, 0.3) is 0 Å². The van der Waals surface area contributed by atoms with Crippen LogP contribution in [0.1, 0.15) is 19.3 Å². The zero-order chi connectivity index (χ0) is 13.8. The number of amides is 2. The summed E-state index contributed by atoms with van der Waals surface area (Å²) < 4.78 is 4.82. The maximum atomic E-state index is 12.1. The Labute approximate surface area is 111 Å². The normalized spacial score (nSPS) is 25.4. The number of carbonyl (C=O) groups excluding carboxylic acids is 3. The van der Waals surface area contributed by atoms with Crippen molar-refractivity contribution in [3.63, 3.8) is 0 Å². The van der Waals surface area contributed by atoms with E-state index in [0.29, 0.717) is 25.8 Å². The van der Waals surface area contributed by atoms with E-state index >= 15 is 0 Å². The van der Waals surface area contributed by atoms with Gasteiger partial charge in [-0.15, -0.1) is 0 Å². The van der Waals surface area contributed by atoms with Gasteiger partial charge in [0.15, 0.2) is 0 Å². The molecular weight excluding hydrogens is 246 g/mol. The standard InChI is InChI=1S/C14H17NO4/c1-2-12(16)19-9-5-8-15-13(17)10-6-3-4-7-11(10)14(15)18/h2-4,10-11H,1,5-9H2. The highest BCUT2D eigenvalue weighted by molar-refractivity contribution is 6.05. The van der Waals surface area contributed by atoms with Gasteiger partial charge >= 0.3 is 5.97 Å². The van der Waals surface area contributed by atoms with Crippen molar-refractivity contribution in [3.8, 4) is 0 Å². The minimum Gasteiger partial charge on any atom is -0.462 e. The average Bonchev–Trinajstić information content (AvgIpc) is 2.68. The summed E-state index contributed by atoms with van der Waals surface area (Å²) in [5, 5.41) is 0. The van der Waals surface area contributed by atoms with Crippen LogP contribution in [0.3, 0.4) is 0 Å². The van der Waals surface area contributed by atoms with Crippen LogP contribution in [-0.2, 0) is 19.1 Å². The van der Waals surface area contributed by atoms with Gasteiger partial charge < -0.3 is 4.74 Å². The Kier molecular flexibility index (Phi) is 4.14. The summed E-state index contributed by atoms with van der Waals surface area (Å²) in [7, 11) is 0. The molecule has 0 aromatic heterocycles. The number of ether oxygens (including phenoxy) is 1. The molecule has 0 aromatic carbocycles. The van der Waals surface area contributed by atoms with Gasteiger partial charge in [0, 0.05) is 12.6 Å². The predicted molar refractivity (Wildman–Crippen MR) is 67.8 cm³/mol. The molecule has 2 unspecified atom stereocenters. The van der Waals surface area contributed by atoms with Gasteiger partial charge in [0.1, 0.15) is 0 Å². The summed E-state index contributed by atoms with van der Waals surface area (Å²) in [6.45, 7) is 3.79. The predicted octanol–water partition coefficient (Wildman–Crippen LogP) is 1.06. The molecule has 0 radical (unpaired) electrons. The van der Waals surface area contributed by atoms with E-state index < -0.39 is 5.97 Å². The smallest absolute Gasteiger partial charge is 0.330 e. The van der Waals surface area contributed by atoms with Crippen molar-refractivity contribution in [3.05, 3.63) is 24.8 Å². The summed E-state index contributed by atoms with van der Waals surface area (Å²) in [5.74, 6) is -1.04. The first kappa shape index (κ1) is 13.5. The monoisotopic (exact) mass is 263 g/mol. The molecule has 0 saturated carbocycles. The third-order valence-corrected chi connectivity index (χ3v) is 3.54. The molecule has 2 rings (SSSR count). The lowest BCUT2D eigenvalue weighted by Gasteiger charge is -2.14. The second kappa shape index (κ2) is 5.82. The third-order valence-electron chi connectivity index (χ3n) is 3.54. The molecule has 2 amide bonds. The SMILES string of the molecule is C=CC(=O)OCCCN1C(=O)C2CC=CCC2C1=O. The average molecular weight is 263 g/mol. The van der Waals surface area contributed by atoms with Gasteiger partial charge in [0.05, 0.1) is 18.4 Å². The van der Waals surface area contributed by atoms with E-state index in [1.165, 1.54) is 4.90 Å². The minimum absolute atomic E-state index is 0.0885. The second-order valence-corrected chi connectivity index (χ2v) is 4.71. The maximum Gasteiger partial charge on any atom is 0.330 e. The molecule has 102 valence electrons. The van der Waals surface area contributed by atoms with Crippen molar-refractivity contribution in [1.82, 2.24) is 4.90 Å². The first-order valence-corrected chi connectivity index (χ1v) is 6.44. The van der Waals surface area contributed by atoms with Crippen molar-refractivity contribution in [2.75, 3.05) is 13.2 Å². The minimum atomic E-state index is -0.489. The number of allylic oxidation sites excluding steroid dienone is 2. The van der Waals surface area contributed by atoms with Gasteiger partial charge in [0.25, 0.3) is 0 Å². The number of rotatable bonds is 5. The lowest BCUT2D eigenvalue weighted by atomic mass is 9.85. The Morgan fingerprint density at radius 1 is 1.32 bits per heavy atom. The zero-order valence-electron chi connectivity index (χ0n) is 10.7. The molecule has 19 heavy (non-hydrogen) atoms. The first-order valence-electron chi connectivity index (χ1n) is 6.44. The van der Waals surface area contributed by atoms with Crippen molar-refractivity contribution in [1.29, 1.82) is 0 Å². The van der Waals surface area contributed by atoms with Crippen LogP contribution in [0.4, 0.5) is 0 Å². The van der Waals surface area contributed by atoms with Gasteiger partial charge in [0.2, 0.25) is 11.8 Å². The molecule has 1 heterocycles. The molecule has 1 fully saturated rings. The van der Waals surface area contributed by atoms with E-state index in [-0.39, 0.29) is 30.3 Å². The summed E-state index contributed by atoms with van der Waals surface area (Å²) in [6, 6.07) is 0. The second-order valence-electron chi connectivity index (χ2n) is 4.71. The number of likely N-dealkylation sites (tertiary alicyclic amines) is 1. The number of carbonyl (C=O) groups is 3. The highest BCUT2D eigenvalue weighted by atomic mass is 16.5. The van der Waals surface area contributed by atoms with Gasteiger partial charge in [-0.05, 0) is 19.3 Å². The fraction of sp³-hybridized carbons (Fsp3) is 0.500. The Morgan fingerprint density at radius 2 is 1.89 bits per heavy atom. The van der Waals surface area contributed by atoms with Crippen molar-refractivity contribution in [2.24, 2.45) is 11.8 Å². The van der Waals surface area contributed by atoms with Crippen LogP contribution >= 0.6 is 0 Å². The third kappa shape index (κ3) is 2.75. The van der Waals surface area contributed by atoms with Crippen LogP contribution in [0, 0.1) is 11.8 Å². The molecule has 1 aliphatic carbocycles. The Morgan fingerprint density at radius 3 is 2.42 bits per heavy atom. The molecule has 2 aliphatic rings. The van der Waals surface area contributed by atoms with Gasteiger partial charge in [-0.25, -0.2) is 4.79 Å². The van der Waals surface area contributed by atoms with E-state index in [1.807, 2.05) is 12.2 Å². The molecule has 5 nitrogen and oxygen atoms in total. The number of hydrogen-bond acceptors (Lipinski definition) is 4. The van der Waals surface area contributed by atoms with E-state index in [1.54, 1.807) is 0 Å². The molecule has 0 spiro atoms. The Balaban J connectivity index is 1.84. The quantitative estimate of drug-likeness (QED) is 0.244. The van der Waals surface area contributed by atoms with Crippen LogP contribution in [0.2, 0.25) is 0 Å². The zero-order valence-corrected chi connectivity index (χ0v) is 10.7. The molecule has 5 heteroatoms. The molecule has 0 bridgehead atoms. The molecule has 1 aliphatic heterocycles. The molecule has 1 saturated heterocycles. The Hall–Kier alpha value is -1.91. The largest absolute Gasteiger partial charge is 0.462 e. The van der Waals surface area contributed by atoms with Crippen LogP contribution < -0.4 is 0 Å². The maximum absolute atomic E-state index is 12.1. The van der Waals surface area contributed by atoms with Crippen molar-refractivity contribution >= 4 is 17.8 Å². The van der Waals surface area contributed by atoms with Crippen LogP contribution in [0.15, 0.2) is 24.8 Å². The number of nitrogens with zero attached hydrogens (tertiary/aromatic N) is 1. The summed E-state index contributed by atoms with van der Waals surface area (Å²) in [5.41, 5.74) is 0. The van der Waals surface area contributed by atoms with Gasteiger partial charge in [-0.3, -0.25) is 14.5 Å². The molecule has 0 N–H and O–H groups in total. The lowest BCUT2D eigenvalue weighted by molar-refractivity contribution is -0.140. The molecular formula is C14H17NO4. The lowest BCUT2D eigenvalue weighted by Crippen LogP contribution is -2.32. The van der Waals surface area contributed by atoms with E-state index in [0.717, 1.165) is 6.08 Å². The van der Waals surface area contributed by atoms with Crippen molar-refractivity contribution in [2.45, 2.75) is 19.3 Å². The summed E-state index contributed by atoms with van der Waals surface area (Å²) >= 11 is 0. The fourth-order valence-corrected chi connectivity index (χ4v) is 2.54. The summed E-state index contributed by atoms with van der Waals surface area (Å²) in [6.07, 6.45) is 6.77. The van der Waals surface area contributed by atoms with Crippen molar-refractivity contribution < 1.29 is 19.1 Å². The highest BCUT2D eigenvalue weighted by Gasteiger charge is 2.46. The number of esters is 1. The first-order chi connectivity index (χ1) is 9.15. The topological polar surface area (TPSA) is 63.7 Å². The van der Waals surface area contributed by atoms with E-state index in [2.05, 4.69) is 6.58 Å². The Bertz CT molecular complexity index is 415. The van der Waals surface area contributed by atoms with Crippen LogP contribution in [-0.4, -0.2) is 35.8 Å².